The van der Waals surface area contributed by atoms with E-state index in [0.717, 1.165) is 30.5 Å². The molecule has 3 fully saturated rings. The molecule has 8 nitrogen and oxygen atoms in total. The van der Waals surface area contributed by atoms with Crippen LogP contribution < -0.4 is 20.9 Å². The number of hydrogen-bond acceptors (Lipinski definition) is 6. The van der Waals surface area contributed by atoms with Gasteiger partial charge in [0.2, 0.25) is 5.91 Å². The highest BCUT2D eigenvalue weighted by Gasteiger charge is 2.52. The number of fused-ring (bicyclic) bond motifs is 3. The lowest BCUT2D eigenvalue weighted by atomic mass is 9.76. The normalized spacial score (nSPS) is 28.7. The van der Waals surface area contributed by atoms with Crippen molar-refractivity contribution in [1.82, 2.24) is 20.9 Å². The van der Waals surface area contributed by atoms with E-state index < -0.39 is 41.7 Å². The van der Waals surface area contributed by atoms with Gasteiger partial charge in [0.05, 0.1) is 17.5 Å². The Morgan fingerprint density at radius 2 is 1.94 bits per heavy atom. The molecule has 0 spiro atoms. The number of aromatic nitrogens is 1. The summed E-state index contributed by atoms with van der Waals surface area (Å²) in [5.41, 5.74) is 0.421. The molecule has 3 saturated heterocycles. The van der Waals surface area contributed by atoms with Gasteiger partial charge in [-0.2, -0.15) is 13.2 Å². The molecule has 3 aliphatic rings. The smallest absolute Gasteiger partial charge is 0.311 e. The summed E-state index contributed by atoms with van der Waals surface area (Å²) in [5, 5.41) is 9.19. The number of Topliss-reactive ketones (excluding diaryl/α,β-unsaturated/α-hetero) is 1. The van der Waals surface area contributed by atoms with Crippen LogP contribution in [0.25, 0.3) is 0 Å². The minimum atomic E-state index is -4.57. The minimum absolute atomic E-state index is 0.0797. The lowest BCUT2D eigenvalue weighted by Crippen LogP contribution is -2.75. The predicted octanol–water partition coefficient (Wildman–Crippen LogP) is 2.81. The zero-order valence-electron chi connectivity index (χ0n) is 18.8. The number of carbonyl (C=O) groups is 3. The number of anilines is 1. The van der Waals surface area contributed by atoms with Crippen molar-refractivity contribution in [3.8, 4) is 0 Å². The maximum absolute atomic E-state index is 13.4. The van der Waals surface area contributed by atoms with Gasteiger partial charge >= 0.3 is 12.2 Å². The number of rotatable bonds is 3. The number of nitrogens with one attached hydrogen (secondary N) is 3. The fourth-order valence-corrected chi connectivity index (χ4v) is 5.36. The van der Waals surface area contributed by atoms with Gasteiger partial charge < -0.3 is 10.6 Å². The topological polar surface area (TPSA) is 103 Å². The van der Waals surface area contributed by atoms with Crippen LogP contribution in [0.3, 0.4) is 0 Å². The third kappa shape index (κ3) is 4.30. The zero-order chi connectivity index (χ0) is 24.9. The fourth-order valence-electron chi connectivity index (χ4n) is 5.36. The lowest BCUT2D eigenvalue weighted by molar-refractivity contribution is -0.137. The van der Waals surface area contributed by atoms with E-state index in [2.05, 4.69) is 20.9 Å². The van der Waals surface area contributed by atoms with Gasteiger partial charge in [-0.1, -0.05) is 12.1 Å². The van der Waals surface area contributed by atoms with Gasteiger partial charge in [0.25, 0.3) is 0 Å². The SMILES string of the molecule is CC(=O)c1ccc(C2CCC3NCC4C(=O)NC(=O)N(c5cccc(C(F)(F)F)c5)C4C3N2)cn1. The molecular formula is C24H24F3N5O3. The molecule has 2 aromatic rings. The average Bonchev–Trinajstić information content (AvgIpc) is 2.83. The standard InChI is InChI=1S/C24H24F3N5O3/c1-12(33)17-6-5-13(10-28-17)18-7-8-19-20(30-18)21-16(11-29-19)22(34)31-23(35)32(21)15-4-2-3-14(9-15)24(25,26)27/h2-6,9-10,16,18-21,29-30H,7-8,11H2,1H3,(H,31,34,35). The van der Waals surface area contributed by atoms with Crippen LogP contribution in [0.5, 0.6) is 0 Å². The van der Waals surface area contributed by atoms with Crippen LogP contribution in [-0.4, -0.2) is 47.4 Å². The maximum Gasteiger partial charge on any atom is 0.416 e. The first kappa shape index (κ1) is 23.4. The lowest BCUT2D eigenvalue weighted by Gasteiger charge is -2.53. The van der Waals surface area contributed by atoms with Crippen molar-refractivity contribution in [2.45, 2.75) is 50.1 Å². The summed E-state index contributed by atoms with van der Waals surface area (Å²) in [6.07, 6.45) is -1.46. The monoisotopic (exact) mass is 487 g/mol. The maximum atomic E-state index is 13.4. The molecule has 0 aliphatic carbocycles. The van der Waals surface area contributed by atoms with Crippen LogP contribution in [0.1, 0.15) is 47.4 Å². The van der Waals surface area contributed by atoms with Gasteiger partial charge in [0.1, 0.15) is 5.69 Å². The van der Waals surface area contributed by atoms with E-state index in [1.807, 2.05) is 6.07 Å². The van der Waals surface area contributed by atoms with Crippen molar-refractivity contribution in [2.75, 3.05) is 11.4 Å². The van der Waals surface area contributed by atoms with Gasteiger partial charge in [-0.25, -0.2) is 4.79 Å². The third-order valence-electron chi connectivity index (χ3n) is 7.06. The molecule has 0 saturated carbocycles. The fraction of sp³-hybridized carbons (Fsp3) is 0.417. The van der Waals surface area contributed by atoms with E-state index in [4.69, 9.17) is 0 Å². The first-order valence-corrected chi connectivity index (χ1v) is 11.4. The van der Waals surface area contributed by atoms with Gasteiger partial charge in [0, 0.05) is 43.5 Å². The largest absolute Gasteiger partial charge is 0.416 e. The second kappa shape index (κ2) is 8.72. The molecule has 3 N–H and O–H groups in total. The Hall–Kier alpha value is -3.31. The Bertz CT molecular complexity index is 1170. The number of carbonyl (C=O) groups excluding carboxylic acids is 3. The molecule has 5 atom stereocenters. The van der Waals surface area contributed by atoms with Crippen molar-refractivity contribution >= 4 is 23.4 Å². The number of amides is 3. The van der Waals surface area contributed by atoms with E-state index in [1.54, 1.807) is 12.3 Å². The van der Waals surface area contributed by atoms with E-state index in [9.17, 15) is 27.6 Å². The second-order valence-corrected chi connectivity index (χ2v) is 9.18. The highest BCUT2D eigenvalue weighted by molar-refractivity contribution is 6.07. The Morgan fingerprint density at radius 3 is 2.63 bits per heavy atom. The number of urea groups is 1. The molecule has 1 aromatic heterocycles. The van der Waals surface area contributed by atoms with Crippen LogP contribution in [0.2, 0.25) is 0 Å². The van der Waals surface area contributed by atoms with Crippen LogP contribution in [0.4, 0.5) is 23.7 Å². The summed E-state index contributed by atoms with van der Waals surface area (Å²) >= 11 is 0. The molecule has 0 bridgehead atoms. The molecule has 5 unspecified atom stereocenters. The number of nitrogens with zero attached hydrogens (tertiary/aromatic N) is 2. The van der Waals surface area contributed by atoms with Gasteiger partial charge in [-0.15, -0.1) is 0 Å². The average molecular weight is 487 g/mol. The predicted molar refractivity (Wildman–Crippen MR) is 120 cm³/mol. The Morgan fingerprint density at radius 1 is 1.14 bits per heavy atom. The van der Waals surface area contributed by atoms with Crippen molar-refractivity contribution in [2.24, 2.45) is 5.92 Å². The summed E-state index contributed by atoms with van der Waals surface area (Å²) in [4.78, 5) is 42.8. The van der Waals surface area contributed by atoms with Crippen molar-refractivity contribution < 1.29 is 27.6 Å². The van der Waals surface area contributed by atoms with Gasteiger partial charge in [-0.3, -0.25) is 24.8 Å². The highest BCUT2D eigenvalue weighted by Crippen LogP contribution is 2.38. The van der Waals surface area contributed by atoms with E-state index in [-0.39, 0.29) is 23.6 Å². The number of pyridine rings is 1. The number of piperidine rings is 2. The molecule has 35 heavy (non-hydrogen) atoms. The molecule has 0 radical (unpaired) electrons. The number of ketones is 1. The first-order valence-electron chi connectivity index (χ1n) is 11.4. The summed E-state index contributed by atoms with van der Waals surface area (Å²) in [7, 11) is 0. The summed E-state index contributed by atoms with van der Waals surface area (Å²) in [6.45, 7) is 1.74. The highest BCUT2D eigenvalue weighted by atomic mass is 19.4. The van der Waals surface area contributed by atoms with E-state index >= 15 is 0 Å². The number of imide groups is 1. The molecule has 3 aliphatic heterocycles. The molecule has 11 heteroatoms. The van der Waals surface area contributed by atoms with Gasteiger partial charge in [-0.05, 0) is 42.7 Å². The molecular weight excluding hydrogens is 463 g/mol. The van der Waals surface area contributed by atoms with Crippen LogP contribution >= 0.6 is 0 Å². The molecule has 1 aromatic carbocycles. The third-order valence-corrected chi connectivity index (χ3v) is 7.06. The van der Waals surface area contributed by atoms with Crippen molar-refractivity contribution in [1.29, 1.82) is 0 Å². The molecule has 3 amide bonds. The Labute approximate surface area is 199 Å². The van der Waals surface area contributed by atoms with E-state index in [0.29, 0.717) is 12.2 Å². The number of halogens is 3. The summed E-state index contributed by atoms with van der Waals surface area (Å²) in [6, 6.07) is 6.00. The summed E-state index contributed by atoms with van der Waals surface area (Å²) in [5.74, 6) is -1.24. The minimum Gasteiger partial charge on any atom is -0.311 e. The van der Waals surface area contributed by atoms with Crippen LogP contribution in [0, 0.1) is 5.92 Å². The van der Waals surface area contributed by atoms with Crippen molar-refractivity contribution in [3.05, 3.63) is 59.4 Å². The van der Waals surface area contributed by atoms with Crippen LogP contribution in [0.15, 0.2) is 42.6 Å². The molecule has 184 valence electrons. The van der Waals surface area contributed by atoms with Crippen LogP contribution in [-0.2, 0) is 11.0 Å². The van der Waals surface area contributed by atoms with Gasteiger partial charge in [0.15, 0.2) is 5.78 Å². The number of alkyl halides is 3. The Balaban J connectivity index is 1.49. The summed E-state index contributed by atoms with van der Waals surface area (Å²) < 4.78 is 40.2. The van der Waals surface area contributed by atoms with E-state index in [1.165, 1.54) is 24.0 Å². The zero-order valence-corrected chi connectivity index (χ0v) is 18.8. The molecule has 5 rings (SSSR count). The number of benzene rings is 1. The molecule has 4 heterocycles. The quantitative estimate of drug-likeness (QED) is 0.576. The van der Waals surface area contributed by atoms with Crippen molar-refractivity contribution in [3.63, 3.8) is 0 Å². The number of hydrogen-bond donors (Lipinski definition) is 3. The Kier molecular flexibility index (Phi) is 5.84. The first-order chi connectivity index (χ1) is 16.6. The second-order valence-electron chi connectivity index (χ2n) is 9.18.